The number of rotatable bonds is 2. The first kappa shape index (κ1) is 8.99. The number of hydrogen-bond donors (Lipinski definition) is 1. The van der Waals surface area contributed by atoms with Crippen LogP contribution in [-0.4, -0.2) is 14.9 Å². The highest BCUT2D eigenvalue weighted by Gasteiger charge is 2.06. The molecule has 0 amide bonds. The molecule has 0 aliphatic rings. The first-order valence-corrected chi connectivity index (χ1v) is 4.57. The van der Waals surface area contributed by atoms with Crippen LogP contribution >= 0.6 is 22.6 Å². The largest absolute Gasteiger partial charge is 0.390 e. The van der Waals surface area contributed by atoms with Crippen molar-refractivity contribution in [2.75, 3.05) is 0 Å². The molecule has 0 spiro atoms. The Morgan fingerprint density at radius 3 is 2.64 bits per heavy atom. The van der Waals surface area contributed by atoms with Crippen LogP contribution in [0.15, 0.2) is 6.20 Å². The van der Waals surface area contributed by atoms with Crippen LogP contribution in [0.3, 0.4) is 0 Å². The lowest BCUT2D eigenvalue weighted by Crippen LogP contribution is -2.01. The van der Waals surface area contributed by atoms with E-state index in [-0.39, 0.29) is 6.61 Å². The van der Waals surface area contributed by atoms with Crippen molar-refractivity contribution in [2.45, 2.75) is 26.5 Å². The summed E-state index contributed by atoms with van der Waals surface area (Å²) in [6.07, 6.45) is 1.94. The third kappa shape index (κ3) is 1.93. The Morgan fingerprint density at radius 2 is 2.36 bits per heavy atom. The fourth-order valence-electron chi connectivity index (χ4n) is 0.778. The number of hydrogen-bond acceptors (Lipinski definition) is 2. The van der Waals surface area contributed by atoms with Crippen molar-refractivity contribution in [3.63, 3.8) is 0 Å². The Hall–Kier alpha value is -0.100. The molecular formula is C7H11IN2O. The van der Waals surface area contributed by atoms with Crippen LogP contribution in [0.2, 0.25) is 0 Å². The van der Waals surface area contributed by atoms with Gasteiger partial charge in [-0.05, 0) is 36.4 Å². The van der Waals surface area contributed by atoms with E-state index in [0.717, 1.165) is 9.26 Å². The maximum absolute atomic E-state index is 8.83. The molecule has 62 valence electrons. The molecule has 0 fully saturated rings. The molecule has 1 aromatic heterocycles. The molecule has 0 radical (unpaired) electrons. The minimum atomic E-state index is 0.0258. The van der Waals surface area contributed by atoms with Gasteiger partial charge in [0.05, 0.1) is 10.2 Å². The Kier molecular flexibility index (Phi) is 2.89. The van der Waals surface area contributed by atoms with Crippen LogP contribution in [0.25, 0.3) is 0 Å². The van der Waals surface area contributed by atoms with Crippen molar-refractivity contribution in [3.8, 4) is 0 Å². The predicted molar refractivity (Wildman–Crippen MR) is 51.3 cm³/mol. The molecule has 11 heavy (non-hydrogen) atoms. The molecular weight excluding hydrogens is 255 g/mol. The third-order valence-corrected chi connectivity index (χ3v) is 2.34. The lowest BCUT2D eigenvalue weighted by Gasteiger charge is -2.02. The summed E-state index contributed by atoms with van der Waals surface area (Å²) in [7, 11) is 0. The number of aromatic nitrogens is 2. The van der Waals surface area contributed by atoms with Crippen LogP contribution in [0.5, 0.6) is 0 Å². The van der Waals surface area contributed by atoms with Gasteiger partial charge in [-0.25, -0.2) is 0 Å². The standard InChI is InChI=1S/C7H11IN2O/c1-5(2)10-3-6(8)7(4-11)9-10/h3,5,11H,4H2,1-2H3. The van der Waals surface area contributed by atoms with E-state index in [1.807, 2.05) is 10.9 Å². The molecule has 0 aliphatic heterocycles. The van der Waals surface area contributed by atoms with E-state index in [1.165, 1.54) is 0 Å². The average Bonchev–Trinajstić information content (AvgIpc) is 2.31. The highest BCUT2D eigenvalue weighted by molar-refractivity contribution is 14.1. The van der Waals surface area contributed by atoms with Gasteiger partial charge in [0.1, 0.15) is 5.69 Å². The summed E-state index contributed by atoms with van der Waals surface area (Å²) >= 11 is 2.17. The third-order valence-electron chi connectivity index (χ3n) is 1.44. The minimum absolute atomic E-state index is 0.0258. The molecule has 0 bridgehead atoms. The predicted octanol–water partition coefficient (Wildman–Crippen LogP) is 1.56. The normalized spacial score (nSPS) is 11.0. The molecule has 0 saturated heterocycles. The monoisotopic (exact) mass is 266 g/mol. The lowest BCUT2D eigenvalue weighted by molar-refractivity contribution is 0.273. The maximum atomic E-state index is 8.83. The van der Waals surface area contributed by atoms with E-state index in [1.54, 1.807) is 0 Å². The Morgan fingerprint density at radius 1 is 1.73 bits per heavy atom. The second-order valence-corrected chi connectivity index (χ2v) is 3.82. The zero-order chi connectivity index (χ0) is 8.43. The Bertz CT molecular complexity index is 245. The van der Waals surface area contributed by atoms with Crippen LogP contribution in [0.1, 0.15) is 25.6 Å². The average molecular weight is 266 g/mol. The minimum Gasteiger partial charge on any atom is -0.390 e. The SMILES string of the molecule is CC(C)n1cc(I)c(CO)n1. The maximum Gasteiger partial charge on any atom is 0.101 e. The quantitative estimate of drug-likeness (QED) is 0.825. The summed E-state index contributed by atoms with van der Waals surface area (Å²) in [4.78, 5) is 0. The van der Waals surface area contributed by atoms with E-state index in [2.05, 4.69) is 41.5 Å². The molecule has 0 saturated carbocycles. The van der Waals surface area contributed by atoms with Gasteiger partial charge in [0.2, 0.25) is 0 Å². The van der Waals surface area contributed by atoms with Gasteiger partial charge in [-0.3, -0.25) is 4.68 Å². The molecule has 4 heteroatoms. The molecule has 0 unspecified atom stereocenters. The van der Waals surface area contributed by atoms with Crippen molar-refractivity contribution < 1.29 is 5.11 Å². The van der Waals surface area contributed by atoms with E-state index in [4.69, 9.17) is 5.11 Å². The van der Waals surface area contributed by atoms with Crippen molar-refractivity contribution in [3.05, 3.63) is 15.5 Å². The molecule has 0 aromatic carbocycles. The van der Waals surface area contributed by atoms with Crippen LogP contribution in [0.4, 0.5) is 0 Å². The van der Waals surface area contributed by atoms with E-state index in [0.29, 0.717) is 6.04 Å². The first-order valence-electron chi connectivity index (χ1n) is 3.49. The van der Waals surface area contributed by atoms with Gasteiger partial charge in [-0.1, -0.05) is 0 Å². The van der Waals surface area contributed by atoms with Gasteiger partial charge in [0, 0.05) is 12.2 Å². The van der Waals surface area contributed by atoms with Crippen molar-refractivity contribution >= 4 is 22.6 Å². The molecule has 1 heterocycles. The molecule has 0 aliphatic carbocycles. The number of aliphatic hydroxyl groups is 1. The van der Waals surface area contributed by atoms with Gasteiger partial charge in [-0.15, -0.1) is 0 Å². The van der Waals surface area contributed by atoms with Crippen LogP contribution in [0, 0.1) is 3.57 Å². The van der Waals surface area contributed by atoms with E-state index in [9.17, 15) is 0 Å². The van der Waals surface area contributed by atoms with Crippen LogP contribution < -0.4 is 0 Å². The molecule has 1 aromatic rings. The number of halogens is 1. The zero-order valence-electron chi connectivity index (χ0n) is 6.58. The van der Waals surface area contributed by atoms with Gasteiger partial charge >= 0.3 is 0 Å². The second-order valence-electron chi connectivity index (χ2n) is 2.66. The van der Waals surface area contributed by atoms with Crippen molar-refractivity contribution in [1.82, 2.24) is 9.78 Å². The summed E-state index contributed by atoms with van der Waals surface area (Å²) < 4.78 is 2.88. The smallest absolute Gasteiger partial charge is 0.101 e. The van der Waals surface area contributed by atoms with Gasteiger partial charge < -0.3 is 5.11 Å². The van der Waals surface area contributed by atoms with E-state index >= 15 is 0 Å². The fourth-order valence-corrected chi connectivity index (χ4v) is 1.34. The molecule has 3 nitrogen and oxygen atoms in total. The van der Waals surface area contributed by atoms with Gasteiger partial charge in [0.15, 0.2) is 0 Å². The van der Waals surface area contributed by atoms with Crippen molar-refractivity contribution in [1.29, 1.82) is 0 Å². The fraction of sp³-hybridized carbons (Fsp3) is 0.571. The topological polar surface area (TPSA) is 38.0 Å². The molecule has 1 rings (SSSR count). The van der Waals surface area contributed by atoms with Gasteiger partial charge in [-0.2, -0.15) is 5.10 Å². The van der Waals surface area contributed by atoms with Gasteiger partial charge in [0.25, 0.3) is 0 Å². The molecule has 1 N–H and O–H groups in total. The molecule has 0 atom stereocenters. The summed E-state index contributed by atoms with van der Waals surface area (Å²) in [5.74, 6) is 0. The summed E-state index contributed by atoms with van der Waals surface area (Å²) in [6, 6.07) is 0.365. The Balaban J connectivity index is 2.95. The zero-order valence-corrected chi connectivity index (χ0v) is 8.74. The lowest BCUT2D eigenvalue weighted by atomic mass is 10.4. The van der Waals surface area contributed by atoms with Crippen LogP contribution in [-0.2, 0) is 6.61 Å². The summed E-state index contributed by atoms with van der Waals surface area (Å²) in [6.45, 7) is 4.15. The highest BCUT2D eigenvalue weighted by Crippen LogP contribution is 2.12. The van der Waals surface area contributed by atoms with E-state index < -0.39 is 0 Å². The number of nitrogens with zero attached hydrogens (tertiary/aromatic N) is 2. The number of aliphatic hydroxyl groups excluding tert-OH is 1. The van der Waals surface area contributed by atoms with Crippen molar-refractivity contribution in [2.24, 2.45) is 0 Å². The Labute approximate surface area is 79.6 Å². The summed E-state index contributed by atoms with van der Waals surface area (Å²) in [5.41, 5.74) is 0.763. The first-order chi connectivity index (χ1) is 5.15. The highest BCUT2D eigenvalue weighted by atomic mass is 127. The summed E-state index contributed by atoms with van der Waals surface area (Å²) in [5, 5.41) is 13.0. The second kappa shape index (κ2) is 3.53.